The quantitative estimate of drug-likeness (QED) is 0.613. The number of carbonyl (C=O) groups is 3. The largest absolute Gasteiger partial charge is 0.497 e. The lowest BCUT2D eigenvalue weighted by Gasteiger charge is -2.45. The Bertz CT molecular complexity index is 1160. The molecular weight excluding hydrogens is 458 g/mol. The lowest BCUT2D eigenvalue weighted by atomic mass is 9.86. The number of hydrogen-bond donors (Lipinski definition) is 2. The van der Waals surface area contributed by atoms with Crippen molar-refractivity contribution in [2.45, 2.75) is 64.6 Å². The molecule has 0 saturated heterocycles. The van der Waals surface area contributed by atoms with Gasteiger partial charge in [-0.25, -0.2) is 0 Å². The predicted molar refractivity (Wildman–Crippen MR) is 140 cm³/mol. The second-order valence-corrected chi connectivity index (χ2v) is 10.8. The van der Waals surface area contributed by atoms with E-state index in [1.54, 1.807) is 12.0 Å². The minimum Gasteiger partial charge on any atom is -0.497 e. The highest BCUT2D eigenvalue weighted by molar-refractivity contribution is 6.14. The van der Waals surface area contributed by atoms with E-state index in [0.29, 0.717) is 48.1 Å². The van der Waals surface area contributed by atoms with Crippen LogP contribution in [-0.2, 0) is 16.1 Å². The summed E-state index contributed by atoms with van der Waals surface area (Å²) in [4.78, 5) is 43.8. The van der Waals surface area contributed by atoms with Gasteiger partial charge in [0.1, 0.15) is 17.0 Å². The zero-order valence-corrected chi connectivity index (χ0v) is 22.3. The number of nitrogens with zero attached hydrogens (tertiary/aromatic N) is 3. The highest BCUT2D eigenvalue weighted by Crippen LogP contribution is 2.40. The number of carbonyl (C=O) groups excluding carboxylic acids is 3. The summed E-state index contributed by atoms with van der Waals surface area (Å²) >= 11 is 0. The number of hydrogen-bond acceptors (Lipinski definition) is 5. The summed E-state index contributed by atoms with van der Waals surface area (Å²) in [5.74, 6) is 0.645. The summed E-state index contributed by atoms with van der Waals surface area (Å²) in [5.41, 5.74) is 0.548. The van der Waals surface area contributed by atoms with Crippen LogP contribution in [0.4, 0.5) is 5.69 Å². The highest BCUT2D eigenvalue weighted by atomic mass is 16.5. The van der Waals surface area contributed by atoms with Crippen LogP contribution in [0.25, 0.3) is 10.9 Å². The van der Waals surface area contributed by atoms with Crippen LogP contribution in [-0.4, -0.2) is 78.0 Å². The average molecular weight is 498 g/mol. The van der Waals surface area contributed by atoms with Gasteiger partial charge in [0.15, 0.2) is 0 Å². The number of aromatic nitrogens is 1. The second kappa shape index (κ2) is 10.1. The van der Waals surface area contributed by atoms with E-state index >= 15 is 0 Å². The fourth-order valence-electron chi connectivity index (χ4n) is 5.48. The molecule has 9 heteroatoms. The normalized spacial score (nSPS) is 24.1. The maximum absolute atomic E-state index is 14.1. The Morgan fingerprint density at radius 3 is 2.50 bits per heavy atom. The minimum absolute atomic E-state index is 0.123. The molecule has 1 atom stereocenters. The topological polar surface area (TPSA) is 95.9 Å². The van der Waals surface area contributed by atoms with Crippen LogP contribution >= 0.6 is 0 Å². The molecule has 2 heterocycles. The Morgan fingerprint density at radius 2 is 1.89 bits per heavy atom. The van der Waals surface area contributed by atoms with Gasteiger partial charge in [0, 0.05) is 31.4 Å². The van der Waals surface area contributed by atoms with Gasteiger partial charge in [-0.3, -0.25) is 14.4 Å². The molecule has 1 unspecified atom stereocenters. The fraction of sp³-hybridized carbons (Fsp3) is 0.593. The summed E-state index contributed by atoms with van der Waals surface area (Å²) in [6.45, 7) is 6.83. The molecule has 0 spiro atoms. The van der Waals surface area contributed by atoms with Crippen molar-refractivity contribution in [2.24, 2.45) is 5.92 Å². The number of benzene rings is 1. The van der Waals surface area contributed by atoms with Crippen LogP contribution in [0, 0.1) is 5.92 Å². The number of anilines is 1. The van der Waals surface area contributed by atoms with Crippen molar-refractivity contribution in [3.63, 3.8) is 0 Å². The van der Waals surface area contributed by atoms with Gasteiger partial charge in [-0.15, -0.1) is 0 Å². The molecular formula is C27H39N5O4. The number of rotatable bonds is 7. The van der Waals surface area contributed by atoms with E-state index in [0.717, 1.165) is 31.2 Å². The summed E-state index contributed by atoms with van der Waals surface area (Å²) < 4.78 is 7.30. The third-order valence-corrected chi connectivity index (χ3v) is 7.69. The van der Waals surface area contributed by atoms with Crippen molar-refractivity contribution >= 4 is 34.3 Å². The van der Waals surface area contributed by atoms with Crippen LogP contribution in [0.2, 0.25) is 0 Å². The molecule has 1 aliphatic carbocycles. The monoisotopic (exact) mass is 497 g/mol. The Balaban J connectivity index is 1.80. The van der Waals surface area contributed by atoms with E-state index in [-0.39, 0.29) is 23.8 Å². The molecule has 1 aliphatic heterocycles. The lowest BCUT2D eigenvalue weighted by Crippen LogP contribution is -2.65. The maximum Gasteiger partial charge on any atom is 0.273 e. The molecule has 1 aromatic heterocycles. The smallest absolute Gasteiger partial charge is 0.273 e. The standard InChI is InChI=1S/C27H39N5O4/c1-17-7-9-19(10-8-17)29-26(35)27(3)16-31-22-12-11-20(36-6)15-21(22)23(28-18(2)33)24(31)25(34)32(27)14-13-30(4)5/h11-12,15,17,19H,7-10,13-14,16H2,1-6H3,(H,28,33)(H,29,35). The molecule has 2 aromatic rings. The maximum atomic E-state index is 14.1. The molecule has 9 nitrogen and oxygen atoms in total. The van der Waals surface area contributed by atoms with Crippen LogP contribution in [0.5, 0.6) is 5.75 Å². The van der Waals surface area contributed by atoms with E-state index in [4.69, 9.17) is 4.74 Å². The first-order valence-corrected chi connectivity index (χ1v) is 12.8. The highest BCUT2D eigenvalue weighted by Gasteiger charge is 2.49. The summed E-state index contributed by atoms with van der Waals surface area (Å²) in [7, 11) is 5.47. The van der Waals surface area contributed by atoms with Crippen molar-refractivity contribution in [2.75, 3.05) is 39.6 Å². The SMILES string of the molecule is COc1ccc2c(c1)c(NC(C)=O)c1n2CC(C)(C(=O)NC2CCC(C)CC2)N(CCN(C)C)C1=O. The molecule has 2 aliphatic rings. The zero-order chi connectivity index (χ0) is 26.2. The van der Waals surface area contributed by atoms with Gasteiger partial charge in [-0.05, 0) is 70.8 Å². The summed E-state index contributed by atoms with van der Waals surface area (Å²) in [6.07, 6.45) is 4.11. The van der Waals surface area contributed by atoms with E-state index in [2.05, 4.69) is 17.6 Å². The van der Waals surface area contributed by atoms with Crippen molar-refractivity contribution < 1.29 is 19.1 Å². The van der Waals surface area contributed by atoms with Crippen LogP contribution in [0.15, 0.2) is 18.2 Å². The lowest BCUT2D eigenvalue weighted by molar-refractivity contribution is -0.134. The van der Waals surface area contributed by atoms with Gasteiger partial charge in [0.25, 0.3) is 5.91 Å². The van der Waals surface area contributed by atoms with Crippen LogP contribution in [0.1, 0.15) is 56.9 Å². The number of likely N-dealkylation sites (N-methyl/N-ethyl adjacent to an activating group) is 1. The van der Waals surface area contributed by atoms with Crippen LogP contribution < -0.4 is 15.4 Å². The minimum atomic E-state index is -1.08. The van der Waals surface area contributed by atoms with Crippen molar-refractivity contribution in [1.29, 1.82) is 0 Å². The number of methoxy groups -OCH3 is 1. The number of nitrogens with one attached hydrogen (secondary N) is 2. The third kappa shape index (κ3) is 4.81. The Morgan fingerprint density at radius 1 is 1.19 bits per heavy atom. The van der Waals surface area contributed by atoms with E-state index in [1.165, 1.54) is 6.92 Å². The first kappa shape index (κ1) is 26.0. The molecule has 36 heavy (non-hydrogen) atoms. The Kier molecular flexibility index (Phi) is 7.31. The van der Waals surface area contributed by atoms with Crippen molar-refractivity contribution in [3.05, 3.63) is 23.9 Å². The molecule has 0 bridgehead atoms. The Labute approximate surface area is 213 Å². The zero-order valence-electron chi connectivity index (χ0n) is 22.3. The molecule has 1 saturated carbocycles. The van der Waals surface area contributed by atoms with Gasteiger partial charge in [0.2, 0.25) is 11.8 Å². The summed E-state index contributed by atoms with van der Waals surface area (Å²) in [5, 5.41) is 6.86. The first-order chi connectivity index (χ1) is 17.0. The predicted octanol–water partition coefficient (Wildman–Crippen LogP) is 3.08. The Hall–Kier alpha value is -3.07. The molecule has 196 valence electrons. The molecule has 0 radical (unpaired) electrons. The first-order valence-electron chi connectivity index (χ1n) is 12.8. The average Bonchev–Trinajstić information content (AvgIpc) is 3.11. The van der Waals surface area contributed by atoms with Gasteiger partial charge in [-0.1, -0.05) is 6.92 Å². The molecule has 1 fully saturated rings. The number of amides is 3. The van der Waals surface area contributed by atoms with Gasteiger partial charge in [0.05, 0.1) is 24.9 Å². The number of fused-ring (bicyclic) bond motifs is 3. The van der Waals surface area contributed by atoms with Gasteiger partial charge in [-0.2, -0.15) is 0 Å². The third-order valence-electron chi connectivity index (χ3n) is 7.69. The van der Waals surface area contributed by atoms with Crippen molar-refractivity contribution in [3.8, 4) is 5.75 Å². The molecule has 1 aromatic carbocycles. The van der Waals surface area contributed by atoms with E-state index < -0.39 is 5.54 Å². The van der Waals surface area contributed by atoms with Crippen molar-refractivity contribution in [1.82, 2.24) is 19.7 Å². The molecule has 3 amide bonds. The van der Waals surface area contributed by atoms with E-state index in [9.17, 15) is 14.4 Å². The summed E-state index contributed by atoms with van der Waals surface area (Å²) in [6, 6.07) is 5.66. The molecule has 4 rings (SSSR count). The van der Waals surface area contributed by atoms with Gasteiger partial charge < -0.3 is 29.7 Å². The fourth-order valence-corrected chi connectivity index (χ4v) is 5.48. The van der Waals surface area contributed by atoms with Crippen LogP contribution in [0.3, 0.4) is 0 Å². The number of ether oxygens (including phenoxy) is 1. The van der Waals surface area contributed by atoms with Gasteiger partial charge >= 0.3 is 0 Å². The second-order valence-electron chi connectivity index (χ2n) is 10.8. The van der Waals surface area contributed by atoms with E-state index in [1.807, 2.05) is 48.7 Å². The molecule has 2 N–H and O–H groups in total.